The van der Waals surface area contributed by atoms with Crippen molar-refractivity contribution in [2.45, 2.75) is 26.2 Å². The molecule has 24 heavy (non-hydrogen) atoms. The molecule has 0 aliphatic heterocycles. The van der Waals surface area contributed by atoms with Crippen LogP contribution in [0.4, 0.5) is 4.39 Å². The SMILES string of the molecule is CCOC(=O)CCCNC(=O)Cc1csc(-c2cccc(F)c2)n1. The first-order chi connectivity index (χ1) is 11.6. The highest BCUT2D eigenvalue weighted by atomic mass is 32.1. The third-order valence-electron chi connectivity index (χ3n) is 3.15. The van der Waals surface area contributed by atoms with E-state index in [0.29, 0.717) is 35.8 Å². The number of nitrogens with zero attached hydrogens (tertiary/aromatic N) is 1. The van der Waals surface area contributed by atoms with Gasteiger partial charge in [0.25, 0.3) is 0 Å². The Morgan fingerprint density at radius 2 is 2.21 bits per heavy atom. The molecule has 1 heterocycles. The minimum absolute atomic E-state index is 0.157. The molecule has 5 nitrogen and oxygen atoms in total. The van der Waals surface area contributed by atoms with Crippen molar-refractivity contribution in [3.63, 3.8) is 0 Å². The maximum Gasteiger partial charge on any atom is 0.305 e. The third kappa shape index (κ3) is 5.73. The average Bonchev–Trinajstić information content (AvgIpc) is 3.00. The lowest BCUT2D eigenvalue weighted by molar-refractivity contribution is -0.143. The van der Waals surface area contributed by atoms with Crippen LogP contribution in [0.25, 0.3) is 10.6 Å². The largest absolute Gasteiger partial charge is 0.466 e. The summed E-state index contributed by atoms with van der Waals surface area (Å²) in [6.45, 7) is 2.53. The Balaban J connectivity index is 1.78. The van der Waals surface area contributed by atoms with Gasteiger partial charge >= 0.3 is 5.97 Å². The highest BCUT2D eigenvalue weighted by Gasteiger charge is 2.10. The van der Waals surface area contributed by atoms with Crippen LogP contribution in [0.15, 0.2) is 29.6 Å². The lowest BCUT2D eigenvalue weighted by Gasteiger charge is -2.04. The standard InChI is InChI=1S/C17H19FN2O3S/c1-2-23-16(22)7-4-8-19-15(21)10-14-11-24-17(20-14)12-5-3-6-13(18)9-12/h3,5-6,9,11H,2,4,7-8,10H2,1H3,(H,19,21). The second-order valence-electron chi connectivity index (χ2n) is 5.09. The Morgan fingerprint density at radius 3 is 2.96 bits per heavy atom. The molecule has 0 atom stereocenters. The van der Waals surface area contributed by atoms with Crippen LogP contribution in [0.3, 0.4) is 0 Å². The average molecular weight is 350 g/mol. The molecule has 1 aromatic heterocycles. The van der Waals surface area contributed by atoms with E-state index >= 15 is 0 Å². The van der Waals surface area contributed by atoms with E-state index in [0.717, 1.165) is 0 Å². The van der Waals surface area contributed by atoms with Gasteiger partial charge in [0.15, 0.2) is 0 Å². The molecule has 0 spiro atoms. The summed E-state index contributed by atoms with van der Waals surface area (Å²) in [7, 11) is 0. The van der Waals surface area contributed by atoms with Gasteiger partial charge in [0, 0.05) is 23.9 Å². The monoisotopic (exact) mass is 350 g/mol. The number of rotatable bonds is 8. The zero-order valence-corrected chi connectivity index (χ0v) is 14.2. The normalized spacial score (nSPS) is 10.4. The molecular weight excluding hydrogens is 331 g/mol. The van der Waals surface area contributed by atoms with E-state index in [1.807, 2.05) is 0 Å². The van der Waals surface area contributed by atoms with E-state index in [9.17, 15) is 14.0 Å². The highest BCUT2D eigenvalue weighted by molar-refractivity contribution is 7.13. The summed E-state index contributed by atoms with van der Waals surface area (Å²) < 4.78 is 18.0. The van der Waals surface area contributed by atoms with Gasteiger partial charge in [-0.1, -0.05) is 12.1 Å². The van der Waals surface area contributed by atoms with Crippen molar-refractivity contribution in [2.75, 3.05) is 13.2 Å². The number of carbonyl (C=O) groups excluding carboxylic acids is 2. The second-order valence-corrected chi connectivity index (χ2v) is 5.95. The number of hydrogen-bond donors (Lipinski definition) is 1. The zero-order chi connectivity index (χ0) is 17.4. The summed E-state index contributed by atoms with van der Waals surface area (Å²) in [6.07, 6.45) is 0.982. The van der Waals surface area contributed by atoms with Crippen molar-refractivity contribution < 1.29 is 18.7 Å². The first-order valence-electron chi connectivity index (χ1n) is 7.71. The van der Waals surface area contributed by atoms with Gasteiger partial charge < -0.3 is 10.1 Å². The molecule has 0 aliphatic carbocycles. The molecule has 0 saturated carbocycles. The summed E-state index contributed by atoms with van der Waals surface area (Å²) in [5.74, 6) is -0.732. The van der Waals surface area contributed by atoms with Gasteiger partial charge in [-0.15, -0.1) is 11.3 Å². The van der Waals surface area contributed by atoms with Crippen molar-refractivity contribution in [1.82, 2.24) is 10.3 Å². The number of carbonyl (C=O) groups is 2. The predicted molar refractivity (Wildman–Crippen MR) is 90.1 cm³/mol. The van der Waals surface area contributed by atoms with Crippen LogP contribution in [0.2, 0.25) is 0 Å². The number of esters is 1. The molecule has 0 bridgehead atoms. The maximum absolute atomic E-state index is 13.2. The molecule has 0 radical (unpaired) electrons. The van der Waals surface area contributed by atoms with Gasteiger partial charge in [0.2, 0.25) is 5.91 Å². The Morgan fingerprint density at radius 1 is 1.38 bits per heavy atom. The molecule has 1 aromatic carbocycles. The summed E-state index contributed by atoms with van der Waals surface area (Å²) in [4.78, 5) is 27.4. The molecule has 2 aromatic rings. The minimum atomic E-state index is -0.316. The minimum Gasteiger partial charge on any atom is -0.466 e. The smallest absolute Gasteiger partial charge is 0.305 e. The fourth-order valence-corrected chi connectivity index (χ4v) is 2.88. The van der Waals surface area contributed by atoms with Crippen LogP contribution in [0.5, 0.6) is 0 Å². The van der Waals surface area contributed by atoms with Gasteiger partial charge in [-0.25, -0.2) is 9.37 Å². The number of nitrogens with one attached hydrogen (secondary N) is 1. The first-order valence-corrected chi connectivity index (χ1v) is 8.59. The van der Waals surface area contributed by atoms with Gasteiger partial charge in [-0.05, 0) is 25.5 Å². The van der Waals surface area contributed by atoms with Crippen molar-refractivity contribution in [1.29, 1.82) is 0 Å². The Bertz CT molecular complexity index is 703. The van der Waals surface area contributed by atoms with Gasteiger partial charge in [-0.2, -0.15) is 0 Å². The number of hydrogen-bond acceptors (Lipinski definition) is 5. The van der Waals surface area contributed by atoms with E-state index in [-0.39, 0.29) is 30.5 Å². The molecule has 2 rings (SSSR count). The molecule has 128 valence electrons. The molecular formula is C17H19FN2O3S. The van der Waals surface area contributed by atoms with Gasteiger partial charge in [0.1, 0.15) is 10.8 Å². The van der Waals surface area contributed by atoms with Crippen LogP contribution >= 0.6 is 11.3 Å². The molecule has 1 amide bonds. The lowest BCUT2D eigenvalue weighted by Crippen LogP contribution is -2.26. The van der Waals surface area contributed by atoms with Gasteiger partial charge in [-0.3, -0.25) is 9.59 Å². The van der Waals surface area contributed by atoms with E-state index < -0.39 is 0 Å². The Labute approximate surface area is 143 Å². The molecule has 0 aliphatic rings. The summed E-state index contributed by atoms with van der Waals surface area (Å²) in [6, 6.07) is 6.20. The van der Waals surface area contributed by atoms with Crippen LogP contribution < -0.4 is 5.32 Å². The molecule has 0 saturated heterocycles. The molecule has 7 heteroatoms. The topological polar surface area (TPSA) is 68.3 Å². The maximum atomic E-state index is 13.2. The van der Waals surface area contributed by atoms with E-state index in [2.05, 4.69) is 10.3 Å². The quantitative estimate of drug-likeness (QED) is 0.587. The number of ether oxygens (including phenoxy) is 1. The van der Waals surface area contributed by atoms with E-state index in [1.165, 1.54) is 23.5 Å². The predicted octanol–water partition coefficient (Wildman–Crippen LogP) is 2.95. The van der Waals surface area contributed by atoms with Crippen LogP contribution in [-0.2, 0) is 20.7 Å². The fourth-order valence-electron chi connectivity index (χ4n) is 2.06. The number of amides is 1. The van der Waals surface area contributed by atoms with Crippen molar-refractivity contribution in [3.05, 3.63) is 41.2 Å². The number of aromatic nitrogens is 1. The van der Waals surface area contributed by atoms with Gasteiger partial charge in [0.05, 0.1) is 18.7 Å². The summed E-state index contributed by atoms with van der Waals surface area (Å²) in [5, 5.41) is 5.21. The summed E-state index contributed by atoms with van der Waals surface area (Å²) in [5.41, 5.74) is 1.34. The second kappa shape index (κ2) is 9.12. The van der Waals surface area contributed by atoms with Crippen molar-refractivity contribution in [2.24, 2.45) is 0 Å². The molecule has 1 N–H and O–H groups in total. The highest BCUT2D eigenvalue weighted by Crippen LogP contribution is 2.24. The van der Waals surface area contributed by atoms with E-state index in [4.69, 9.17) is 4.74 Å². The van der Waals surface area contributed by atoms with Crippen LogP contribution in [-0.4, -0.2) is 30.0 Å². The number of halogens is 1. The Kier molecular flexibility index (Phi) is 6.87. The molecule has 0 unspecified atom stereocenters. The lowest BCUT2D eigenvalue weighted by atomic mass is 10.2. The fraction of sp³-hybridized carbons (Fsp3) is 0.353. The van der Waals surface area contributed by atoms with Crippen LogP contribution in [0.1, 0.15) is 25.5 Å². The van der Waals surface area contributed by atoms with Crippen molar-refractivity contribution >= 4 is 23.2 Å². The number of thiazole rings is 1. The molecule has 0 fully saturated rings. The number of benzene rings is 1. The van der Waals surface area contributed by atoms with E-state index in [1.54, 1.807) is 24.4 Å². The Hall–Kier alpha value is -2.28. The van der Waals surface area contributed by atoms with Crippen LogP contribution in [0, 0.1) is 5.82 Å². The third-order valence-corrected chi connectivity index (χ3v) is 4.09. The first kappa shape index (κ1) is 18.1. The zero-order valence-electron chi connectivity index (χ0n) is 13.4. The summed E-state index contributed by atoms with van der Waals surface area (Å²) >= 11 is 1.37. The van der Waals surface area contributed by atoms with Crippen molar-refractivity contribution in [3.8, 4) is 10.6 Å².